The molecule has 0 saturated heterocycles. The number of nitrogens with zero attached hydrogens (tertiary/aromatic N) is 2. The first-order chi connectivity index (χ1) is 16.3. The van der Waals surface area contributed by atoms with Gasteiger partial charge in [0.15, 0.2) is 11.9 Å². The van der Waals surface area contributed by atoms with Gasteiger partial charge in [0.1, 0.15) is 18.1 Å². The average molecular weight is 501 g/mol. The largest absolute Gasteiger partial charge is 0.480 e. The van der Waals surface area contributed by atoms with Gasteiger partial charge in [-0.15, -0.1) is 0 Å². The van der Waals surface area contributed by atoms with E-state index in [1.807, 2.05) is 0 Å². The van der Waals surface area contributed by atoms with Gasteiger partial charge < -0.3 is 49.3 Å². The van der Waals surface area contributed by atoms with Crippen molar-refractivity contribution < 1.29 is 29.1 Å². The van der Waals surface area contributed by atoms with Gasteiger partial charge in [-0.2, -0.15) is 0 Å². The fourth-order valence-corrected chi connectivity index (χ4v) is 2.71. The fourth-order valence-electron chi connectivity index (χ4n) is 2.71. The molecule has 4 amide bonds. The van der Waals surface area contributed by atoms with E-state index >= 15 is 0 Å². The second-order valence-electron chi connectivity index (χ2n) is 7.56. The number of amides is 4. The number of carbonyl (C=O) groups excluding carboxylic acids is 4. The molecule has 0 saturated carbocycles. The van der Waals surface area contributed by atoms with E-state index in [0.717, 1.165) is 0 Å². The van der Waals surface area contributed by atoms with E-state index in [-0.39, 0.29) is 37.9 Å². The number of carboxylic acids is 1. The van der Waals surface area contributed by atoms with Crippen molar-refractivity contribution in [3.63, 3.8) is 0 Å². The quantitative estimate of drug-likeness (QED) is 0.0559. The van der Waals surface area contributed by atoms with E-state index in [4.69, 9.17) is 28.0 Å². The standard InChI is InChI=1S/C19H36N10O6/c1-10(17(34)35)27-14(31)9-26-15(32)12(5-3-7-24-18(20)21)29-16(33)13(28-11(2)30)6-4-8-25-19(22)23/h10,12-13H,3-9H2,1-2H3,(H,26,32)(H,27,31)(H,28,30)(H,29,33)(H,34,35)(H4,20,21,24)(H4,22,23,25). The van der Waals surface area contributed by atoms with Crippen LogP contribution in [0.4, 0.5) is 0 Å². The van der Waals surface area contributed by atoms with Crippen LogP contribution in [0.2, 0.25) is 0 Å². The third-order valence-electron chi connectivity index (χ3n) is 4.39. The molecule has 0 spiro atoms. The van der Waals surface area contributed by atoms with Crippen LogP contribution in [0.5, 0.6) is 0 Å². The summed E-state index contributed by atoms with van der Waals surface area (Å²) in [5.41, 5.74) is 21.1. The number of hydrogen-bond donors (Lipinski definition) is 9. The van der Waals surface area contributed by atoms with Crippen molar-refractivity contribution in [3.8, 4) is 0 Å². The van der Waals surface area contributed by atoms with Crippen LogP contribution in [0.15, 0.2) is 9.98 Å². The number of hydrogen-bond acceptors (Lipinski definition) is 7. The molecule has 0 aliphatic rings. The number of nitrogens with two attached hydrogens (primary N) is 4. The molecule has 13 N–H and O–H groups in total. The van der Waals surface area contributed by atoms with Gasteiger partial charge in [-0.05, 0) is 32.6 Å². The molecule has 0 aliphatic carbocycles. The summed E-state index contributed by atoms with van der Waals surface area (Å²) in [5.74, 6) is -3.98. The first-order valence-electron chi connectivity index (χ1n) is 10.8. The smallest absolute Gasteiger partial charge is 0.325 e. The molecule has 198 valence electrons. The Morgan fingerprint density at radius 3 is 1.71 bits per heavy atom. The number of guanidine groups is 2. The number of carbonyl (C=O) groups is 5. The van der Waals surface area contributed by atoms with Gasteiger partial charge >= 0.3 is 5.97 Å². The van der Waals surface area contributed by atoms with Crippen molar-refractivity contribution >= 4 is 41.5 Å². The molecule has 0 bridgehead atoms. The van der Waals surface area contributed by atoms with E-state index in [1.165, 1.54) is 13.8 Å². The zero-order valence-corrected chi connectivity index (χ0v) is 19.9. The predicted octanol–water partition coefficient (Wildman–Crippen LogP) is -4.21. The van der Waals surface area contributed by atoms with Crippen molar-refractivity contribution in [2.75, 3.05) is 19.6 Å². The first-order valence-corrected chi connectivity index (χ1v) is 10.8. The molecule has 35 heavy (non-hydrogen) atoms. The van der Waals surface area contributed by atoms with Gasteiger partial charge in [0.2, 0.25) is 23.6 Å². The molecule has 0 radical (unpaired) electrons. The third kappa shape index (κ3) is 15.4. The minimum atomic E-state index is -1.24. The Labute approximate surface area is 202 Å². The SMILES string of the molecule is CC(=O)NC(CCCN=C(N)N)C(=O)NC(CCCN=C(N)N)C(=O)NCC(=O)NC(C)C(=O)O. The summed E-state index contributed by atoms with van der Waals surface area (Å²) >= 11 is 0. The van der Waals surface area contributed by atoms with Crippen molar-refractivity contribution in [2.45, 2.75) is 57.7 Å². The van der Waals surface area contributed by atoms with Crippen LogP contribution in [0.3, 0.4) is 0 Å². The lowest BCUT2D eigenvalue weighted by atomic mass is 10.1. The van der Waals surface area contributed by atoms with Gasteiger partial charge in [-0.3, -0.25) is 34.0 Å². The van der Waals surface area contributed by atoms with Crippen LogP contribution >= 0.6 is 0 Å². The number of nitrogens with one attached hydrogen (secondary N) is 4. The van der Waals surface area contributed by atoms with Crippen LogP contribution < -0.4 is 44.2 Å². The van der Waals surface area contributed by atoms with Gasteiger partial charge in [-0.1, -0.05) is 0 Å². The number of aliphatic imine (C=N–C) groups is 2. The molecule has 0 aromatic carbocycles. The lowest BCUT2D eigenvalue weighted by Gasteiger charge is -2.23. The molecule has 0 aromatic heterocycles. The lowest BCUT2D eigenvalue weighted by Crippen LogP contribution is -2.54. The summed E-state index contributed by atoms with van der Waals surface area (Å²) < 4.78 is 0. The summed E-state index contributed by atoms with van der Waals surface area (Å²) in [4.78, 5) is 67.4. The minimum absolute atomic E-state index is 0.107. The van der Waals surface area contributed by atoms with Gasteiger partial charge in [0.05, 0.1) is 6.54 Å². The summed E-state index contributed by atoms with van der Waals surface area (Å²) in [6.45, 7) is 2.42. The van der Waals surface area contributed by atoms with E-state index in [1.54, 1.807) is 0 Å². The van der Waals surface area contributed by atoms with Crippen LogP contribution in [0.1, 0.15) is 39.5 Å². The Kier molecular flexibility index (Phi) is 14.6. The predicted molar refractivity (Wildman–Crippen MR) is 128 cm³/mol. The zero-order chi connectivity index (χ0) is 27.0. The average Bonchev–Trinajstić information content (AvgIpc) is 2.75. The van der Waals surface area contributed by atoms with Crippen molar-refractivity contribution in [1.29, 1.82) is 0 Å². The highest BCUT2D eigenvalue weighted by molar-refractivity contribution is 5.93. The maximum absolute atomic E-state index is 12.8. The Morgan fingerprint density at radius 2 is 1.29 bits per heavy atom. The normalized spacial score (nSPS) is 12.7. The van der Waals surface area contributed by atoms with Crippen LogP contribution in [-0.4, -0.2) is 84.4 Å². The Balaban J connectivity index is 5.24. The summed E-state index contributed by atoms with van der Waals surface area (Å²) in [6.07, 6.45) is 0.996. The second-order valence-corrected chi connectivity index (χ2v) is 7.56. The highest BCUT2D eigenvalue weighted by atomic mass is 16.4. The third-order valence-corrected chi connectivity index (χ3v) is 4.39. The van der Waals surface area contributed by atoms with Gasteiger partial charge in [0, 0.05) is 20.0 Å². The minimum Gasteiger partial charge on any atom is -0.480 e. The molecular weight excluding hydrogens is 464 g/mol. The zero-order valence-electron chi connectivity index (χ0n) is 19.9. The summed E-state index contributed by atoms with van der Waals surface area (Å²) in [7, 11) is 0. The number of aliphatic carboxylic acids is 1. The molecule has 0 aromatic rings. The Bertz CT molecular complexity index is 808. The fraction of sp³-hybridized carbons (Fsp3) is 0.632. The molecule has 0 aliphatic heterocycles. The first kappa shape index (κ1) is 30.9. The molecule has 16 heteroatoms. The monoisotopic (exact) mass is 500 g/mol. The molecule has 0 rings (SSSR count). The van der Waals surface area contributed by atoms with E-state index < -0.39 is 54.3 Å². The van der Waals surface area contributed by atoms with Crippen LogP contribution in [0.25, 0.3) is 0 Å². The molecular formula is C19H36N10O6. The summed E-state index contributed by atoms with van der Waals surface area (Å²) in [5, 5.41) is 18.5. The molecule has 16 nitrogen and oxygen atoms in total. The summed E-state index contributed by atoms with van der Waals surface area (Å²) in [6, 6.07) is -3.20. The second kappa shape index (κ2) is 16.5. The van der Waals surface area contributed by atoms with Crippen molar-refractivity contribution in [1.82, 2.24) is 21.3 Å². The Morgan fingerprint density at radius 1 is 0.800 bits per heavy atom. The van der Waals surface area contributed by atoms with E-state index in [9.17, 15) is 24.0 Å². The number of carboxylic acid groups (broad SMARTS) is 1. The molecule has 0 heterocycles. The van der Waals surface area contributed by atoms with Crippen LogP contribution in [0, 0.1) is 0 Å². The highest BCUT2D eigenvalue weighted by Gasteiger charge is 2.26. The Hall–Kier alpha value is -4.11. The maximum atomic E-state index is 12.8. The van der Waals surface area contributed by atoms with E-state index in [2.05, 4.69) is 31.3 Å². The number of rotatable bonds is 16. The van der Waals surface area contributed by atoms with E-state index in [0.29, 0.717) is 12.8 Å². The molecule has 3 atom stereocenters. The topological polar surface area (TPSA) is 282 Å². The van der Waals surface area contributed by atoms with Gasteiger partial charge in [-0.25, -0.2) is 0 Å². The van der Waals surface area contributed by atoms with Gasteiger partial charge in [0.25, 0.3) is 0 Å². The highest BCUT2D eigenvalue weighted by Crippen LogP contribution is 2.04. The van der Waals surface area contributed by atoms with Crippen molar-refractivity contribution in [3.05, 3.63) is 0 Å². The van der Waals surface area contributed by atoms with Crippen LogP contribution in [-0.2, 0) is 24.0 Å². The lowest BCUT2D eigenvalue weighted by molar-refractivity contribution is -0.141. The molecule has 3 unspecified atom stereocenters. The van der Waals surface area contributed by atoms with Crippen molar-refractivity contribution in [2.24, 2.45) is 32.9 Å². The maximum Gasteiger partial charge on any atom is 0.325 e. The molecule has 0 fully saturated rings.